The lowest BCUT2D eigenvalue weighted by molar-refractivity contribution is -0.384. The maximum absolute atomic E-state index is 12.6. The summed E-state index contributed by atoms with van der Waals surface area (Å²) in [6, 6.07) is 2.08. The van der Waals surface area contributed by atoms with E-state index in [4.69, 9.17) is 27.9 Å². The molecule has 0 saturated carbocycles. The molecule has 1 aromatic rings. The molecule has 1 saturated heterocycles. The quantitative estimate of drug-likeness (QED) is 0.596. The molecule has 1 fully saturated rings. The number of hydrogen-bond donors (Lipinski definition) is 1. The summed E-state index contributed by atoms with van der Waals surface area (Å²) in [5.74, 6) is 0. The fraction of sp³-hybridized carbons (Fsp3) is 0.500. The predicted octanol–water partition coefficient (Wildman–Crippen LogP) is 2.21. The second kappa shape index (κ2) is 7.29. The lowest BCUT2D eigenvalue weighted by atomic mass is 10.2. The number of rotatable bonds is 6. The average Bonchev–Trinajstić information content (AvgIpc) is 2.85. The third-order valence-corrected chi connectivity index (χ3v) is 5.83. The van der Waals surface area contributed by atoms with Crippen molar-refractivity contribution in [2.24, 2.45) is 0 Å². The molecule has 23 heavy (non-hydrogen) atoms. The van der Waals surface area contributed by atoms with Crippen molar-refractivity contribution in [3.05, 3.63) is 32.3 Å². The summed E-state index contributed by atoms with van der Waals surface area (Å²) in [7, 11) is -2.63. The van der Waals surface area contributed by atoms with Crippen molar-refractivity contribution in [3.8, 4) is 0 Å². The minimum atomic E-state index is -4.16. The highest BCUT2D eigenvalue weighted by molar-refractivity contribution is 7.89. The van der Waals surface area contributed by atoms with Crippen LogP contribution in [0.4, 0.5) is 5.69 Å². The summed E-state index contributed by atoms with van der Waals surface area (Å²) in [4.78, 5) is 12.1. The Morgan fingerprint density at radius 2 is 2.17 bits per heavy atom. The summed E-state index contributed by atoms with van der Waals surface area (Å²) < 4.78 is 30.2. The number of halogens is 2. The van der Waals surface area contributed by atoms with E-state index in [1.54, 1.807) is 0 Å². The molecule has 8 nitrogen and oxygen atoms in total. The van der Waals surface area contributed by atoms with Crippen LogP contribution in [0.15, 0.2) is 17.0 Å². The van der Waals surface area contributed by atoms with E-state index in [9.17, 15) is 18.5 Å². The van der Waals surface area contributed by atoms with Gasteiger partial charge >= 0.3 is 0 Å². The lowest BCUT2D eigenvalue weighted by Crippen LogP contribution is -2.46. The molecule has 1 heterocycles. The number of nitro groups is 1. The van der Waals surface area contributed by atoms with Crippen LogP contribution < -0.4 is 4.83 Å². The fourth-order valence-electron chi connectivity index (χ4n) is 2.43. The topological polar surface area (TPSA) is 102 Å². The first-order valence-corrected chi connectivity index (χ1v) is 8.92. The summed E-state index contributed by atoms with van der Waals surface area (Å²) in [5, 5.41) is 11.7. The molecule has 11 heteroatoms. The van der Waals surface area contributed by atoms with Gasteiger partial charge in [0.25, 0.3) is 15.7 Å². The third kappa shape index (κ3) is 3.93. The summed E-state index contributed by atoms with van der Waals surface area (Å²) in [6.45, 7) is 0.857. The molecule has 1 aromatic carbocycles. The number of benzene rings is 1. The number of methoxy groups -OCH3 is 1. The molecule has 0 bridgehead atoms. The van der Waals surface area contributed by atoms with Gasteiger partial charge in [0.05, 0.1) is 16.6 Å². The van der Waals surface area contributed by atoms with Crippen molar-refractivity contribution in [2.75, 3.05) is 20.3 Å². The fourth-order valence-corrected chi connectivity index (χ4v) is 4.79. The van der Waals surface area contributed by atoms with Gasteiger partial charge < -0.3 is 4.74 Å². The van der Waals surface area contributed by atoms with Gasteiger partial charge in [-0.2, -0.15) is 0 Å². The second-order valence-corrected chi connectivity index (χ2v) is 7.39. The van der Waals surface area contributed by atoms with Crippen molar-refractivity contribution in [1.29, 1.82) is 0 Å². The number of nitrogens with one attached hydrogen (secondary N) is 1. The standard InChI is InChI=1S/C12H15Cl2N3O5S/c1-22-7-8-3-2-6-16(8)15-23(20,21)12-9(13)4-5-10(11(12)14)17(18)19/h4-5,8,15H,2-3,6-7H2,1H3/t8-/m0/s1. The van der Waals surface area contributed by atoms with Gasteiger partial charge in [0, 0.05) is 25.8 Å². The summed E-state index contributed by atoms with van der Waals surface area (Å²) >= 11 is 11.8. The molecule has 1 aliphatic rings. The number of nitro benzene ring substituents is 1. The first-order chi connectivity index (χ1) is 10.8. The van der Waals surface area contributed by atoms with E-state index in [1.165, 1.54) is 12.1 Å². The number of sulfonamides is 1. The highest BCUT2D eigenvalue weighted by Gasteiger charge is 2.33. The van der Waals surface area contributed by atoms with Crippen LogP contribution in [-0.2, 0) is 14.8 Å². The van der Waals surface area contributed by atoms with E-state index < -0.39 is 30.6 Å². The normalized spacial score (nSPS) is 19.2. The van der Waals surface area contributed by atoms with E-state index in [0.29, 0.717) is 13.2 Å². The van der Waals surface area contributed by atoms with Crippen LogP contribution in [0.25, 0.3) is 0 Å². The van der Waals surface area contributed by atoms with Crippen molar-refractivity contribution in [2.45, 2.75) is 23.8 Å². The van der Waals surface area contributed by atoms with Crippen LogP contribution in [-0.4, -0.2) is 44.7 Å². The summed E-state index contributed by atoms with van der Waals surface area (Å²) in [5.41, 5.74) is -0.522. The molecule has 0 radical (unpaired) electrons. The Balaban J connectivity index is 2.36. The van der Waals surface area contributed by atoms with Crippen LogP contribution in [0.1, 0.15) is 12.8 Å². The van der Waals surface area contributed by atoms with E-state index in [0.717, 1.165) is 25.0 Å². The van der Waals surface area contributed by atoms with Gasteiger partial charge in [-0.05, 0) is 18.9 Å². The summed E-state index contributed by atoms with van der Waals surface area (Å²) in [6.07, 6.45) is 1.57. The highest BCUT2D eigenvalue weighted by Crippen LogP contribution is 2.36. The molecule has 0 amide bonds. The van der Waals surface area contributed by atoms with Gasteiger partial charge in [-0.25, -0.2) is 13.4 Å². The molecular weight excluding hydrogens is 369 g/mol. The van der Waals surface area contributed by atoms with Gasteiger partial charge in [-0.3, -0.25) is 10.1 Å². The van der Waals surface area contributed by atoms with Gasteiger partial charge in [0.15, 0.2) is 0 Å². The number of hydrogen-bond acceptors (Lipinski definition) is 6. The van der Waals surface area contributed by atoms with E-state index in [-0.39, 0.29) is 11.1 Å². The third-order valence-electron chi connectivity index (χ3n) is 3.47. The molecule has 0 spiro atoms. The first-order valence-electron chi connectivity index (χ1n) is 6.68. The Morgan fingerprint density at radius 1 is 1.48 bits per heavy atom. The van der Waals surface area contributed by atoms with Gasteiger partial charge in [0.2, 0.25) is 0 Å². The molecule has 0 unspecified atom stereocenters. The zero-order valence-electron chi connectivity index (χ0n) is 12.2. The molecule has 1 aliphatic heterocycles. The van der Waals surface area contributed by atoms with E-state index >= 15 is 0 Å². The molecule has 0 aromatic heterocycles. The largest absolute Gasteiger partial charge is 0.383 e. The number of nitrogens with zero attached hydrogens (tertiary/aromatic N) is 2. The number of hydrazine groups is 1. The minimum absolute atomic E-state index is 0.119. The van der Waals surface area contributed by atoms with E-state index in [2.05, 4.69) is 4.83 Å². The Kier molecular flexibility index (Phi) is 5.82. The molecule has 128 valence electrons. The SMILES string of the molecule is COC[C@@H]1CCCN1NS(=O)(=O)c1c(Cl)ccc([N+](=O)[O-])c1Cl. The van der Waals surface area contributed by atoms with Gasteiger partial charge in [0.1, 0.15) is 9.92 Å². The zero-order valence-corrected chi connectivity index (χ0v) is 14.5. The molecule has 1 N–H and O–H groups in total. The Hall–Kier alpha value is -0.970. The molecule has 1 atom stereocenters. The van der Waals surface area contributed by atoms with Gasteiger partial charge in [-0.15, -0.1) is 4.83 Å². The monoisotopic (exact) mass is 383 g/mol. The lowest BCUT2D eigenvalue weighted by Gasteiger charge is -2.24. The molecular formula is C12H15Cl2N3O5S. The van der Waals surface area contributed by atoms with Crippen LogP contribution in [0.2, 0.25) is 10.0 Å². The smallest absolute Gasteiger partial charge is 0.289 e. The molecule has 2 rings (SSSR count). The Bertz CT molecular complexity index is 713. The maximum Gasteiger partial charge on any atom is 0.289 e. The zero-order chi connectivity index (χ0) is 17.2. The Morgan fingerprint density at radius 3 is 2.78 bits per heavy atom. The van der Waals surface area contributed by atoms with Gasteiger partial charge in [-0.1, -0.05) is 23.2 Å². The van der Waals surface area contributed by atoms with Crippen LogP contribution >= 0.6 is 23.2 Å². The van der Waals surface area contributed by atoms with Crippen molar-refractivity contribution in [3.63, 3.8) is 0 Å². The average molecular weight is 384 g/mol. The Labute approximate surface area is 143 Å². The van der Waals surface area contributed by atoms with Crippen LogP contribution in [0, 0.1) is 10.1 Å². The second-order valence-electron chi connectivity index (χ2n) is 5.01. The minimum Gasteiger partial charge on any atom is -0.383 e. The predicted molar refractivity (Wildman–Crippen MR) is 85.0 cm³/mol. The van der Waals surface area contributed by atoms with Crippen molar-refractivity contribution < 1.29 is 18.1 Å². The maximum atomic E-state index is 12.6. The first kappa shape index (κ1) is 18.4. The van der Waals surface area contributed by atoms with Crippen molar-refractivity contribution in [1.82, 2.24) is 9.84 Å². The van der Waals surface area contributed by atoms with Crippen molar-refractivity contribution >= 4 is 38.9 Å². The van der Waals surface area contributed by atoms with E-state index in [1.807, 2.05) is 0 Å². The highest BCUT2D eigenvalue weighted by atomic mass is 35.5. The van der Waals surface area contributed by atoms with Crippen LogP contribution in [0.5, 0.6) is 0 Å². The van der Waals surface area contributed by atoms with Crippen LogP contribution in [0.3, 0.4) is 0 Å². The number of ether oxygens (including phenoxy) is 1. The molecule has 0 aliphatic carbocycles.